The number of pyridine rings is 1. The fraction of sp³-hybridized carbons (Fsp3) is 0.333. The Morgan fingerprint density at radius 3 is 3.23 bits per heavy atom. The van der Waals surface area contributed by atoms with E-state index in [0.29, 0.717) is 12.2 Å². The monoisotopic (exact) mass is 240 g/mol. The Labute approximate surface area is 84.7 Å². The van der Waals surface area contributed by atoms with E-state index in [1.165, 1.54) is 0 Å². The van der Waals surface area contributed by atoms with Gasteiger partial charge in [0.05, 0.1) is 6.10 Å². The summed E-state index contributed by atoms with van der Waals surface area (Å²) in [6.07, 6.45) is 4.57. The second-order valence-electron chi connectivity index (χ2n) is 2.97. The van der Waals surface area contributed by atoms with Gasteiger partial charge in [0.25, 0.3) is 0 Å². The summed E-state index contributed by atoms with van der Waals surface area (Å²) in [6.45, 7) is 0. The van der Waals surface area contributed by atoms with Crippen molar-refractivity contribution in [3.63, 3.8) is 0 Å². The average molecular weight is 241 g/mol. The minimum Gasteiger partial charge on any atom is -0.388 e. The van der Waals surface area contributed by atoms with E-state index in [-0.39, 0.29) is 0 Å². The van der Waals surface area contributed by atoms with E-state index < -0.39 is 6.10 Å². The molecule has 0 aromatic carbocycles. The molecule has 3 nitrogen and oxygen atoms in total. The van der Waals surface area contributed by atoms with Gasteiger partial charge in [-0.25, -0.2) is 9.98 Å². The molecule has 1 aliphatic heterocycles. The number of aliphatic imine (C=N–C) groups is 1. The lowest BCUT2D eigenvalue weighted by Crippen LogP contribution is -1.96. The fourth-order valence-corrected chi connectivity index (χ4v) is 1.69. The van der Waals surface area contributed by atoms with Gasteiger partial charge >= 0.3 is 0 Å². The van der Waals surface area contributed by atoms with E-state index in [1.54, 1.807) is 12.4 Å². The molecule has 2 heterocycles. The van der Waals surface area contributed by atoms with E-state index in [0.717, 1.165) is 16.5 Å². The molecule has 0 amide bonds. The van der Waals surface area contributed by atoms with Crippen LogP contribution in [0.2, 0.25) is 0 Å². The molecular formula is C9H9BrN2O. The Hall–Kier alpha value is -0.740. The van der Waals surface area contributed by atoms with Crippen LogP contribution in [-0.2, 0) is 0 Å². The highest BCUT2D eigenvalue weighted by atomic mass is 79.9. The summed E-state index contributed by atoms with van der Waals surface area (Å²) in [5, 5.41) is 9.72. The van der Waals surface area contributed by atoms with Crippen LogP contribution in [0.5, 0.6) is 0 Å². The van der Waals surface area contributed by atoms with Gasteiger partial charge in [0.2, 0.25) is 0 Å². The number of aromatic nitrogens is 1. The maximum Gasteiger partial charge on any atom is 0.157 e. The van der Waals surface area contributed by atoms with Crippen LogP contribution >= 0.6 is 15.9 Å². The standard InChI is InChI=1S/C9H9BrN2O/c10-6-4-7-8(13)2-1-3-11-9(7)12-5-6/h3-5,8,13H,1-2H2. The minimum atomic E-state index is -0.442. The molecule has 0 radical (unpaired) electrons. The van der Waals surface area contributed by atoms with Gasteiger partial charge in [-0.1, -0.05) is 0 Å². The Bertz CT molecular complexity index is 351. The molecule has 1 aromatic rings. The highest BCUT2D eigenvalue weighted by Gasteiger charge is 2.15. The quantitative estimate of drug-likeness (QED) is 0.757. The maximum absolute atomic E-state index is 9.72. The second kappa shape index (κ2) is 3.55. The summed E-state index contributed by atoms with van der Waals surface area (Å²) < 4.78 is 0.877. The SMILES string of the molecule is OC1CCC=Nc2ncc(Br)cc21. The lowest BCUT2D eigenvalue weighted by Gasteiger charge is -2.08. The van der Waals surface area contributed by atoms with Crippen molar-refractivity contribution >= 4 is 28.0 Å². The van der Waals surface area contributed by atoms with Gasteiger partial charge in [-0.2, -0.15) is 0 Å². The highest BCUT2D eigenvalue weighted by Crippen LogP contribution is 2.30. The van der Waals surface area contributed by atoms with Crippen molar-refractivity contribution in [3.8, 4) is 0 Å². The lowest BCUT2D eigenvalue weighted by molar-refractivity contribution is 0.171. The summed E-state index contributed by atoms with van der Waals surface area (Å²) in [4.78, 5) is 8.29. The average Bonchev–Trinajstić information content (AvgIpc) is 2.29. The molecule has 1 aromatic heterocycles. The van der Waals surface area contributed by atoms with Crippen molar-refractivity contribution in [1.82, 2.24) is 4.98 Å². The molecule has 0 saturated heterocycles. The summed E-state index contributed by atoms with van der Waals surface area (Å²) in [6, 6.07) is 1.87. The van der Waals surface area contributed by atoms with E-state index in [2.05, 4.69) is 25.9 Å². The summed E-state index contributed by atoms with van der Waals surface area (Å²) in [7, 11) is 0. The van der Waals surface area contributed by atoms with Gasteiger partial charge in [-0.15, -0.1) is 0 Å². The minimum absolute atomic E-state index is 0.442. The van der Waals surface area contributed by atoms with Crippen LogP contribution in [0, 0.1) is 0 Å². The topological polar surface area (TPSA) is 45.5 Å². The first kappa shape index (κ1) is 8.84. The number of fused-ring (bicyclic) bond motifs is 1. The van der Waals surface area contributed by atoms with Crippen molar-refractivity contribution in [2.75, 3.05) is 0 Å². The third kappa shape index (κ3) is 1.78. The number of hydrogen-bond acceptors (Lipinski definition) is 3. The Morgan fingerprint density at radius 2 is 2.38 bits per heavy atom. The molecule has 68 valence electrons. The van der Waals surface area contributed by atoms with Gasteiger partial charge < -0.3 is 5.11 Å². The van der Waals surface area contributed by atoms with E-state index in [1.807, 2.05) is 6.07 Å². The summed E-state index contributed by atoms with van der Waals surface area (Å²) >= 11 is 3.32. The Morgan fingerprint density at radius 1 is 1.54 bits per heavy atom. The van der Waals surface area contributed by atoms with Crippen LogP contribution < -0.4 is 0 Å². The van der Waals surface area contributed by atoms with Crippen LogP contribution in [0.15, 0.2) is 21.7 Å². The second-order valence-corrected chi connectivity index (χ2v) is 3.89. The zero-order valence-corrected chi connectivity index (χ0v) is 8.53. The molecule has 1 atom stereocenters. The van der Waals surface area contributed by atoms with Gasteiger partial charge in [0.15, 0.2) is 5.82 Å². The lowest BCUT2D eigenvalue weighted by atomic mass is 10.1. The first-order valence-electron chi connectivity index (χ1n) is 4.13. The zero-order valence-electron chi connectivity index (χ0n) is 6.94. The predicted octanol–water partition coefficient (Wildman–Crippen LogP) is 2.37. The van der Waals surface area contributed by atoms with Gasteiger partial charge in [0, 0.05) is 22.4 Å². The van der Waals surface area contributed by atoms with E-state index >= 15 is 0 Å². The summed E-state index contributed by atoms with van der Waals surface area (Å²) in [5.74, 6) is 0.633. The Balaban J connectivity index is 2.51. The fourth-order valence-electron chi connectivity index (χ4n) is 1.34. The molecule has 0 fully saturated rings. The third-order valence-corrected chi connectivity index (χ3v) is 2.44. The van der Waals surface area contributed by atoms with Crippen LogP contribution in [-0.4, -0.2) is 16.3 Å². The van der Waals surface area contributed by atoms with Crippen LogP contribution in [0.3, 0.4) is 0 Å². The van der Waals surface area contributed by atoms with E-state index in [9.17, 15) is 5.11 Å². The number of nitrogens with zero attached hydrogens (tertiary/aromatic N) is 2. The maximum atomic E-state index is 9.72. The van der Waals surface area contributed by atoms with Crippen molar-refractivity contribution in [1.29, 1.82) is 0 Å². The van der Waals surface area contributed by atoms with Crippen molar-refractivity contribution < 1.29 is 5.11 Å². The number of hydrogen-bond donors (Lipinski definition) is 1. The first-order chi connectivity index (χ1) is 6.27. The van der Waals surface area contributed by atoms with Crippen molar-refractivity contribution in [3.05, 3.63) is 22.3 Å². The largest absolute Gasteiger partial charge is 0.388 e. The molecule has 0 saturated carbocycles. The zero-order chi connectivity index (χ0) is 9.26. The molecule has 1 N–H and O–H groups in total. The highest BCUT2D eigenvalue weighted by molar-refractivity contribution is 9.10. The summed E-state index contributed by atoms with van der Waals surface area (Å²) in [5.41, 5.74) is 0.808. The van der Waals surface area contributed by atoms with Crippen LogP contribution in [0.4, 0.5) is 5.82 Å². The number of aliphatic hydroxyl groups is 1. The number of aliphatic hydroxyl groups excluding tert-OH is 1. The Kier molecular flexibility index (Phi) is 2.42. The van der Waals surface area contributed by atoms with Gasteiger partial charge in [0.1, 0.15) is 0 Å². The van der Waals surface area contributed by atoms with Crippen molar-refractivity contribution in [2.45, 2.75) is 18.9 Å². The van der Waals surface area contributed by atoms with Crippen molar-refractivity contribution in [2.24, 2.45) is 4.99 Å². The van der Waals surface area contributed by atoms with Crippen LogP contribution in [0.1, 0.15) is 24.5 Å². The number of rotatable bonds is 0. The normalized spacial score (nSPS) is 20.9. The van der Waals surface area contributed by atoms with Gasteiger partial charge in [-0.05, 0) is 34.8 Å². The molecule has 2 rings (SSSR count). The molecular weight excluding hydrogens is 232 g/mol. The third-order valence-electron chi connectivity index (χ3n) is 2.00. The molecule has 0 bridgehead atoms. The molecule has 1 aliphatic rings. The molecule has 0 spiro atoms. The first-order valence-corrected chi connectivity index (χ1v) is 4.92. The smallest absolute Gasteiger partial charge is 0.157 e. The predicted molar refractivity (Wildman–Crippen MR) is 54.3 cm³/mol. The molecule has 4 heteroatoms. The van der Waals surface area contributed by atoms with E-state index in [4.69, 9.17) is 0 Å². The van der Waals surface area contributed by atoms with Gasteiger partial charge in [-0.3, -0.25) is 0 Å². The molecule has 13 heavy (non-hydrogen) atoms. The number of halogens is 1. The van der Waals surface area contributed by atoms with Crippen LogP contribution in [0.25, 0.3) is 0 Å². The molecule has 1 unspecified atom stereocenters. The molecule has 0 aliphatic carbocycles.